The van der Waals surface area contributed by atoms with Crippen LogP contribution in [0.1, 0.15) is 42.1 Å². The summed E-state index contributed by atoms with van der Waals surface area (Å²) in [6, 6.07) is 10.6. The fraction of sp³-hybridized carbons (Fsp3) is 0.333. The van der Waals surface area contributed by atoms with Crippen LogP contribution in [-0.4, -0.2) is 39.0 Å². The summed E-state index contributed by atoms with van der Waals surface area (Å²) in [4.78, 5) is 12.5. The van der Waals surface area contributed by atoms with Crippen molar-refractivity contribution in [1.29, 1.82) is 0 Å². The predicted octanol–water partition coefficient (Wildman–Crippen LogP) is 4.68. The molecule has 1 saturated heterocycles. The number of imidazole rings is 1. The minimum Gasteiger partial charge on any atom is -0.491 e. The van der Waals surface area contributed by atoms with Crippen molar-refractivity contribution in [2.24, 2.45) is 5.16 Å². The molecule has 1 aliphatic carbocycles. The van der Waals surface area contributed by atoms with Crippen LogP contribution < -0.4 is 4.74 Å². The summed E-state index contributed by atoms with van der Waals surface area (Å²) in [6.07, 6.45) is 8.64. The highest BCUT2D eigenvalue weighted by Crippen LogP contribution is 2.51. The maximum atomic E-state index is 13.6. The van der Waals surface area contributed by atoms with E-state index in [1.165, 1.54) is 12.1 Å². The Kier molecular flexibility index (Phi) is 4.17. The zero-order valence-electron chi connectivity index (χ0n) is 19.6. The number of hydrogen-bond donors (Lipinski definition) is 0. The van der Waals surface area contributed by atoms with E-state index in [4.69, 9.17) is 14.3 Å². The maximum Gasteiger partial charge on any atom is 0.234 e. The highest BCUT2D eigenvalue weighted by molar-refractivity contribution is 6.02. The van der Waals surface area contributed by atoms with Gasteiger partial charge in [0, 0.05) is 30.7 Å². The Morgan fingerprint density at radius 2 is 1.94 bits per heavy atom. The van der Waals surface area contributed by atoms with Crippen LogP contribution in [0.15, 0.2) is 59.8 Å². The molecule has 35 heavy (non-hydrogen) atoms. The van der Waals surface area contributed by atoms with E-state index in [2.05, 4.69) is 33.2 Å². The van der Waals surface area contributed by atoms with Crippen LogP contribution in [0.25, 0.3) is 11.8 Å². The van der Waals surface area contributed by atoms with Crippen molar-refractivity contribution in [1.82, 2.24) is 14.5 Å². The number of fused-ring (bicyclic) bond motifs is 2. The number of nitrogens with zero attached hydrogens (tertiary/aromatic N) is 4. The van der Waals surface area contributed by atoms with Gasteiger partial charge in [0.15, 0.2) is 5.76 Å². The van der Waals surface area contributed by atoms with Crippen molar-refractivity contribution in [3.63, 3.8) is 0 Å². The fourth-order valence-corrected chi connectivity index (χ4v) is 5.23. The molecule has 3 aliphatic heterocycles. The average Bonchev–Trinajstić information content (AvgIpc) is 3.21. The van der Waals surface area contributed by atoms with E-state index >= 15 is 0 Å². The lowest BCUT2D eigenvalue weighted by molar-refractivity contribution is -0.108. The molecular formula is C27H25FN4O3. The molecule has 3 aromatic rings. The topological polar surface area (TPSA) is 61.1 Å². The molecular weight excluding hydrogens is 447 g/mol. The molecule has 2 fully saturated rings. The Bertz CT molecular complexity index is 1410. The molecule has 7 rings (SSSR count). The first kappa shape index (κ1) is 20.6. The molecule has 1 spiro atoms. The van der Waals surface area contributed by atoms with E-state index in [0.29, 0.717) is 24.7 Å². The van der Waals surface area contributed by atoms with Gasteiger partial charge in [-0.15, -0.1) is 0 Å². The number of rotatable bonds is 3. The number of aryl methyl sites for hydroxylation is 1. The first-order valence-corrected chi connectivity index (χ1v) is 11.9. The standard InChI is InChI=1S/C27H25FN4O3/c1-17-14-31(16-29-17)22-8-3-18(21-9-12-33-24(21)22)13-23-25-30-35-26(2,19-4-6-20(28)7-5-19)32(25)15-27(34-23)10-11-27/h3-8,13-14,16H,9-12,15H2,1-2H3. The monoisotopic (exact) mass is 472 g/mol. The third-order valence-corrected chi connectivity index (χ3v) is 7.41. The van der Waals surface area contributed by atoms with Crippen LogP contribution >= 0.6 is 0 Å². The first-order chi connectivity index (χ1) is 16.9. The second kappa shape index (κ2) is 7.10. The molecule has 0 radical (unpaired) electrons. The molecule has 1 unspecified atom stereocenters. The summed E-state index contributed by atoms with van der Waals surface area (Å²) in [5.41, 5.74) is 3.91. The van der Waals surface area contributed by atoms with Gasteiger partial charge in [-0.2, -0.15) is 0 Å². The van der Waals surface area contributed by atoms with E-state index in [0.717, 1.165) is 53.1 Å². The molecule has 0 bridgehead atoms. The van der Waals surface area contributed by atoms with Gasteiger partial charge in [-0.1, -0.05) is 23.4 Å². The number of ether oxygens (including phenoxy) is 2. The Morgan fingerprint density at radius 3 is 2.69 bits per heavy atom. The van der Waals surface area contributed by atoms with Gasteiger partial charge in [-0.25, -0.2) is 9.37 Å². The smallest absolute Gasteiger partial charge is 0.234 e. The number of halogens is 1. The van der Waals surface area contributed by atoms with Crippen LogP contribution in [0.3, 0.4) is 0 Å². The molecule has 1 saturated carbocycles. The van der Waals surface area contributed by atoms with E-state index in [1.54, 1.807) is 12.1 Å². The van der Waals surface area contributed by atoms with Gasteiger partial charge in [-0.3, -0.25) is 0 Å². The highest BCUT2D eigenvalue weighted by Gasteiger charge is 2.58. The third-order valence-electron chi connectivity index (χ3n) is 7.41. The molecule has 4 heterocycles. The molecule has 8 heteroatoms. The van der Waals surface area contributed by atoms with E-state index in [9.17, 15) is 4.39 Å². The maximum absolute atomic E-state index is 13.6. The Morgan fingerprint density at radius 1 is 1.11 bits per heavy atom. The molecule has 4 aliphatic rings. The number of amidine groups is 1. The molecule has 0 amide bonds. The zero-order valence-corrected chi connectivity index (χ0v) is 19.6. The van der Waals surface area contributed by atoms with Crippen LogP contribution in [0, 0.1) is 12.7 Å². The van der Waals surface area contributed by atoms with Crippen LogP contribution in [0.5, 0.6) is 5.75 Å². The summed E-state index contributed by atoms with van der Waals surface area (Å²) in [5, 5.41) is 4.45. The normalized spacial score (nSPS) is 24.5. The highest BCUT2D eigenvalue weighted by atomic mass is 19.1. The summed E-state index contributed by atoms with van der Waals surface area (Å²) in [7, 11) is 0. The van der Waals surface area contributed by atoms with Gasteiger partial charge in [-0.05, 0) is 49.6 Å². The van der Waals surface area contributed by atoms with Gasteiger partial charge in [0.05, 0.1) is 30.9 Å². The zero-order chi connectivity index (χ0) is 23.8. The van der Waals surface area contributed by atoms with E-state index in [1.807, 2.05) is 30.9 Å². The van der Waals surface area contributed by atoms with Gasteiger partial charge in [0.1, 0.15) is 17.2 Å². The Balaban J connectivity index is 1.29. The minimum atomic E-state index is -0.824. The molecule has 1 atom stereocenters. The largest absolute Gasteiger partial charge is 0.491 e. The van der Waals surface area contributed by atoms with Crippen LogP contribution in [-0.2, 0) is 21.7 Å². The molecule has 178 valence electrons. The summed E-state index contributed by atoms with van der Waals surface area (Å²) >= 11 is 0. The van der Waals surface area contributed by atoms with Gasteiger partial charge >= 0.3 is 0 Å². The third kappa shape index (κ3) is 3.16. The Labute approximate surface area is 202 Å². The quantitative estimate of drug-likeness (QED) is 0.554. The van der Waals surface area contributed by atoms with Crippen molar-refractivity contribution in [2.75, 3.05) is 13.2 Å². The summed E-state index contributed by atoms with van der Waals surface area (Å²) < 4.78 is 28.2. The second-order valence-electron chi connectivity index (χ2n) is 9.88. The van der Waals surface area contributed by atoms with Crippen LogP contribution in [0.2, 0.25) is 0 Å². The lowest BCUT2D eigenvalue weighted by Crippen LogP contribution is -2.53. The van der Waals surface area contributed by atoms with E-state index < -0.39 is 5.72 Å². The molecule has 7 nitrogen and oxygen atoms in total. The van der Waals surface area contributed by atoms with Crippen molar-refractivity contribution in [3.8, 4) is 11.4 Å². The molecule has 0 N–H and O–H groups in total. The minimum absolute atomic E-state index is 0.242. The number of morpholine rings is 1. The number of oxime groups is 1. The van der Waals surface area contributed by atoms with Crippen molar-refractivity contribution < 1.29 is 18.7 Å². The van der Waals surface area contributed by atoms with E-state index in [-0.39, 0.29) is 11.4 Å². The molecule has 1 aromatic heterocycles. The van der Waals surface area contributed by atoms with Gasteiger partial charge < -0.3 is 23.8 Å². The number of hydrogen-bond acceptors (Lipinski definition) is 6. The lowest BCUT2D eigenvalue weighted by atomic mass is 9.99. The number of benzene rings is 2. The summed E-state index contributed by atoms with van der Waals surface area (Å²) in [5.74, 6) is 1.96. The van der Waals surface area contributed by atoms with Crippen molar-refractivity contribution in [2.45, 2.75) is 44.4 Å². The second-order valence-corrected chi connectivity index (χ2v) is 9.88. The fourth-order valence-electron chi connectivity index (χ4n) is 5.23. The average molecular weight is 473 g/mol. The predicted molar refractivity (Wildman–Crippen MR) is 128 cm³/mol. The lowest BCUT2D eigenvalue weighted by Gasteiger charge is -2.41. The van der Waals surface area contributed by atoms with Gasteiger partial charge in [0.2, 0.25) is 11.6 Å². The summed E-state index contributed by atoms with van der Waals surface area (Å²) in [6.45, 7) is 5.26. The van der Waals surface area contributed by atoms with Gasteiger partial charge in [0.25, 0.3) is 0 Å². The SMILES string of the molecule is Cc1cn(-c2ccc(C=C3OC4(CC4)CN4C3=NOC4(C)c3ccc(F)cc3)c3c2OCC3)cn1. The van der Waals surface area contributed by atoms with Crippen molar-refractivity contribution in [3.05, 3.63) is 82.9 Å². The first-order valence-electron chi connectivity index (χ1n) is 11.9. The van der Waals surface area contributed by atoms with Crippen molar-refractivity contribution >= 4 is 11.9 Å². The van der Waals surface area contributed by atoms with Crippen LogP contribution in [0.4, 0.5) is 4.39 Å². The number of aromatic nitrogens is 2. The Hall–Kier alpha value is -3.81. The molecule has 2 aromatic carbocycles.